The van der Waals surface area contributed by atoms with Crippen LogP contribution in [-0.2, 0) is 23.2 Å². The van der Waals surface area contributed by atoms with Gasteiger partial charge in [-0.3, -0.25) is 19.1 Å². The number of amides is 2. The summed E-state index contributed by atoms with van der Waals surface area (Å²) in [7, 11) is 3.25. The third-order valence-electron chi connectivity index (χ3n) is 6.49. The quantitative estimate of drug-likeness (QED) is 0.183. The van der Waals surface area contributed by atoms with Crippen LogP contribution in [0.2, 0.25) is 5.02 Å². The molecule has 4 rings (SSSR count). The van der Waals surface area contributed by atoms with E-state index in [2.05, 4.69) is 15.8 Å². The second-order valence-electron chi connectivity index (χ2n) is 9.32. The minimum atomic E-state index is -1.03. The van der Waals surface area contributed by atoms with Gasteiger partial charge in [-0.1, -0.05) is 29.8 Å². The molecule has 0 aliphatic rings. The average molecular weight is 576 g/mol. The maximum absolute atomic E-state index is 13.0. The molecule has 212 valence electrons. The number of carbonyl (C=O) groups excluding carboxylic acids is 2. The number of benzene rings is 3. The third kappa shape index (κ3) is 6.50. The van der Waals surface area contributed by atoms with E-state index in [4.69, 9.17) is 21.1 Å². The topological polar surface area (TPSA) is 116 Å². The predicted molar refractivity (Wildman–Crippen MR) is 158 cm³/mol. The van der Waals surface area contributed by atoms with Crippen molar-refractivity contribution in [2.45, 2.75) is 27.4 Å². The van der Waals surface area contributed by atoms with E-state index in [9.17, 15) is 14.4 Å². The molecule has 0 unspecified atom stereocenters. The summed E-state index contributed by atoms with van der Waals surface area (Å²) in [6, 6.07) is 18.0. The van der Waals surface area contributed by atoms with Crippen LogP contribution in [0.5, 0.6) is 11.5 Å². The van der Waals surface area contributed by atoms with E-state index in [0.29, 0.717) is 33.5 Å². The first-order chi connectivity index (χ1) is 19.6. The lowest BCUT2D eigenvalue weighted by molar-refractivity contribution is -0.136. The number of hydrogen-bond acceptors (Lipinski definition) is 6. The van der Waals surface area contributed by atoms with Gasteiger partial charge in [0.05, 0.1) is 24.7 Å². The number of carbonyl (C=O) groups is 2. The van der Waals surface area contributed by atoms with E-state index < -0.39 is 17.4 Å². The molecule has 0 saturated heterocycles. The number of aromatic nitrogens is 2. The molecule has 4 aromatic rings. The first-order valence-electron chi connectivity index (χ1n) is 12.7. The Kier molecular flexibility index (Phi) is 8.94. The SMILES string of the molecule is COc1ccc(/C=N/NC(=O)C(=O)Nc2c(C)n(C)n(-c3ccccc3)c2=O)cc1COc1cc(C)c(Cl)c(C)c1. The number of ether oxygens (including phenoxy) is 2. The zero-order valence-electron chi connectivity index (χ0n) is 23.3. The van der Waals surface area contributed by atoms with Gasteiger partial charge >= 0.3 is 11.8 Å². The molecule has 1 heterocycles. The zero-order valence-corrected chi connectivity index (χ0v) is 24.1. The summed E-state index contributed by atoms with van der Waals surface area (Å²) in [6.07, 6.45) is 1.39. The number of para-hydroxylation sites is 1. The van der Waals surface area contributed by atoms with Gasteiger partial charge in [0, 0.05) is 17.6 Å². The third-order valence-corrected chi connectivity index (χ3v) is 7.08. The van der Waals surface area contributed by atoms with Crippen LogP contribution < -0.4 is 25.8 Å². The molecule has 3 aromatic carbocycles. The number of rotatable bonds is 8. The summed E-state index contributed by atoms with van der Waals surface area (Å²) in [6.45, 7) is 5.72. The molecule has 11 heteroatoms. The minimum Gasteiger partial charge on any atom is -0.496 e. The van der Waals surface area contributed by atoms with E-state index in [0.717, 1.165) is 16.7 Å². The highest BCUT2D eigenvalue weighted by Gasteiger charge is 2.21. The van der Waals surface area contributed by atoms with E-state index >= 15 is 0 Å². The molecule has 0 aliphatic carbocycles. The summed E-state index contributed by atoms with van der Waals surface area (Å²) < 4.78 is 14.4. The van der Waals surface area contributed by atoms with Crippen molar-refractivity contribution in [3.8, 4) is 17.2 Å². The summed E-state index contributed by atoms with van der Waals surface area (Å²) in [5.41, 5.74) is 6.07. The van der Waals surface area contributed by atoms with Gasteiger partial charge in [0.2, 0.25) is 0 Å². The van der Waals surface area contributed by atoms with Crippen LogP contribution >= 0.6 is 11.6 Å². The summed E-state index contributed by atoms with van der Waals surface area (Å²) in [5, 5.41) is 7.00. The van der Waals surface area contributed by atoms with Crippen molar-refractivity contribution in [3.05, 3.63) is 104 Å². The highest BCUT2D eigenvalue weighted by atomic mass is 35.5. The van der Waals surface area contributed by atoms with E-state index in [1.165, 1.54) is 10.9 Å². The van der Waals surface area contributed by atoms with Crippen molar-refractivity contribution in [1.82, 2.24) is 14.8 Å². The van der Waals surface area contributed by atoms with Crippen LogP contribution in [0.4, 0.5) is 5.69 Å². The number of nitrogens with one attached hydrogen (secondary N) is 2. The smallest absolute Gasteiger partial charge is 0.329 e. The number of hydrogen-bond donors (Lipinski definition) is 2. The first-order valence-corrected chi connectivity index (χ1v) is 13.0. The molecule has 0 saturated carbocycles. The number of methoxy groups -OCH3 is 1. The van der Waals surface area contributed by atoms with Gasteiger partial charge in [-0.2, -0.15) is 5.10 Å². The Morgan fingerprint density at radius 3 is 2.34 bits per heavy atom. The zero-order chi connectivity index (χ0) is 29.7. The minimum absolute atomic E-state index is 0.00588. The Labute approximate surface area is 242 Å². The molecular weight excluding hydrogens is 546 g/mol. The number of aryl methyl sites for hydroxylation is 2. The van der Waals surface area contributed by atoms with Crippen LogP contribution in [-0.4, -0.2) is 34.5 Å². The molecule has 0 bridgehead atoms. The fourth-order valence-corrected chi connectivity index (χ4v) is 4.35. The average Bonchev–Trinajstić information content (AvgIpc) is 3.17. The Morgan fingerprint density at radius 1 is 1.00 bits per heavy atom. The number of nitrogens with zero attached hydrogens (tertiary/aromatic N) is 3. The standard InChI is InChI=1S/C30H30ClN5O5/c1-18-13-24(14-19(2)26(18)31)41-17-22-15-21(11-12-25(22)40-5)16-32-34-29(38)28(37)33-27-20(3)35(4)36(30(27)39)23-9-7-6-8-10-23/h6-16H,17H2,1-5H3,(H,33,37)(H,34,38)/b32-16+. The predicted octanol–water partition coefficient (Wildman–Crippen LogP) is 4.43. The number of halogens is 1. The van der Waals surface area contributed by atoms with Crippen molar-refractivity contribution in [1.29, 1.82) is 0 Å². The van der Waals surface area contributed by atoms with Crippen LogP contribution in [0.15, 0.2) is 70.6 Å². The van der Waals surface area contributed by atoms with Gasteiger partial charge < -0.3 is 14.8 Å². The number of hydrazone groups is 1. The Bertz CT molecular complexity index is 1670. The van der Waals surface area contributed by atoms with Crippen LogP contribution in [0.3, 0.4) is 0 Å². The molecular formula is C30H30ClN5O5. The maximum atomic E-state index is 13.0. The second kappa shape index (κ2) is 12.6. The van der Waals surface area contributed by atoms with Crippen molar-refractivity contribution >= 4 is 35.3 Å². The molecule has 41 heavy (non-hydrogen) atoms. The highest BCUT2D eigenvalue weighted by molar-refractivity contribution is 6.39. The van der Waals surface area contributed by atoms with Crippen LogP contribution in [0, 0.1) is 20.8 Å². The maximum Gasteiger partial charge on any atom is 0.329 e. The van der Waals surface area contributed by atoms with E-state index in [1.807, 2.05) is 32.0 Å². The van der Waals surface area contributed by atoms with Gasteiger partial charge in [-0.05, 0) is 79.9 Å². The molecule has 0 aliphatic heterocycles. The van der Waals surface area contributed by atoms with Gasteiger partial charge in [-0.15, -0.1) is 0 Å². The summed E-state index contributed by atoms with van der Waals surface area (Å²) in [5.74, 6) is -0.758. The molecule has 2 amide bonds. The lowest BCUT2D eigenvalue weighted by Gasteiger charge is -2.13. The van der Waals surface area contributed by atoms with Crippen molar-refractivity contribution in [3.63, 3.8) is 0 Å². The fraction of sp³-hybridized carbons (Fsp3) is 0.200. The molecule has 2 N–H and O–H groups in total. The van der Waals surface area contributed by atoms with Gasteiger partial charge in [0.1, 0.15) is 23.8 Å². The van der Waals surface area contributed by atoms with Gasteiger partial charge in [0.25, 0.3) is 5.56 Å². The van der Waals surface area contributed by atoms with Crippen LogP contribution in [0.25, 0.3) is 5.69 Å². The van der Waals surface area contributed by atoms with Crippen LogP contribution in [0.1, 0.15) is 27.9 Å². The molecule has 0 spiro atoms. The van der Waals surface area contributed by atoms with E-state index in [-0.39, 0.29) is 12.3 Å². The Balaban J connectivity index is 1.42. The molecule has 1 aromatic heterocycles. The number of anilines is 1. The summed E-state index contributed by atoms with van der Waals surface area (Å²) >= 11 is 6.25. The molecule has 0 atom stereocenters. The lowest BCUT2D eigenvalue weighted by Crippen LogP contribution is -2.34. The largest absolute Gasteiger partial charge is 0.496 e. The molecule has 10 nitrogen and oxygen atoms in total. The summed E-state index contributed by atoms with van der Waals surface area (Å²) in [4.78, 5) is 38.0. The van der Waals surface area contributed by atoms with Gasteiger partial charge in [-0.25, -0.2) is 10.1 Å². The van der Waals surface area contributed by atoms with Crippen molar-refractivity contribution in [2.75, 3.05) is 12.4 Å². The monoisotopic (exact) mass is 575 g/mol. The normalized spacial score (nSPS) is 11.0. The van der Waals surface area contributed by atoms with Crippen molar-refractivity contribution < 1.29 is 19.1 Å². The van der Waals surface area contributed by atoms with E-state index in [1.54, 1.807) is 68.2 Å². The lowest BCUT2D eigenvalue weighted by atomic mass is 10.1. The van der Waals surface area contributed by atoms with Crippen molar-refractivity contribution in [2.24, 2.45) is 12.1 Å². The molecule has 0 radical (unpaired) electrons. The highest BCUT2D eigenvalue weighted by Crippen LogP contribution is 2.27. The fourth-order valence-electron chi connectivity index (χ4n) is 4.24. The molecule has 0 fully saturated rings. The second-order valence-corrected chi connectivity index (χ2v) is 9.70. The Hall–Kier alpha value is -4.83. The Morgan fingerprint density at radius 2 is 1.68 bits per heavy atom. The van der Waals surface area contributed by atoms with Gasteiger partial charge in [0.15, 0.2) is 0 Å². The first kappa shape index (κ1) is 29.2.